The number of hydrogen-bond donors (Lipinski definition) is 3. The molecule has 2 atom stereocenters. The number of hydrazine groups is 1. The van der Waals surface area contributed by atoms with Gasteiger partial charge in [-0.05, 0) is 30.5 Å². The Balaban J connectivity index is 1.82. The Bertz CT molecular complexity index is 509. The molecule has 1 saturated heterocycles. The molecule has 3 N–H and O–H groups in total. The van der Waals surface area contributed by atoms with Crippen LogP contribution < -0.4 is 16.2 Å². The fraction of sp³-hybridized carbons (Fsp3) is 0.467. The van der Waals surface area contributed by atoms with Crippen LogP contribution in [-0.4, -0.2) is 18.0 Å². The summed E-state index contributed by atoms with van der Waals surface area (Å²) in [6, 6.07) is 9.57. The van der Waals surface area contributed by atoms with E-state index in [2.05, 4.69) is 29.2 Å². The second-order valence-electron chi connectivity index (χ2n) is 5.09. The van der Waals surface area contributed by atoms with Crippen LogP contribution in [0.5, 0.6) is 0 Å². The average Bonchev–Trinajstić information content (AvgIpc) is 2.94. The summed E-state index contributed by atoms with van der Waals surface area (Å²) in [4.78, 5) is 12.0. The molecule has 1 aromatic carbocycles. The lowest BCUT2D eigenvalue weighted by Crippen LogP contribution is -2.43. The number of carbonyl (C=O) groups is 1. The third-order valence-electron chi connectivity index (χ3n) is 3.46. The van der Waals surface area contributed by atoms with Gasteiger partial charge in [0.15, 0.2) is 0 Å². The Morgan fingerprint density at radius 2 is 2.35 bits per heavy atom. The lowest BCUT2D eigenvalue weighted by molar-refractivity contribution is -0.123. The number of carbonyl (C=O) groups excluding carboxylic acids is 1. The van der Waals surface area contributed by atoms with E-state index in [1.807, 2.05) is 12.1 Å². The van der Waals surface area contributed by atoms with Gasteiger partial charge >= 0.3 is 0 Å². The minimum atomic E-state index is -0.175. The molecule has 1 aliphatic rings. The van der Waals surface area contributed by atoms with E-state index in [-0.39, 0.29) is 11.9 Å². The molecule has 2 rings (SSSR count). The van der Waals surface area contributed by atoms with E-state index in [0.29, 0.717) is 18.2 Å². The minimum Gasteiger partial charge on any atom is -0.351 e. The molecule has 1 aromatic rings. The van der Waals surface area contributed by atoms with E-state index in [0.717, 1.165) is 24.8 Å². The van der Waals surface area contributed by atoms with Gasteiger partial charge in [0, 0.05) is 12.6 Å². The molecule has 1 amide bonds. The largest absolute Gasteiger partial charge is 0.351 e. The van der Waals surface area contributed by atoms with E-state index in [4.69, 9.17) is 5.26 Å². The summed E-state index contributed by atoms with van der Waals surface area (Å²) in [6.07, 6.45) is 2.99. The van der Waals surface area contributed by atoms with E-state index < -0.39 is 0 Å². The monoisotopic (exact) mass is 272 g/mol. The van der Waals surface area contributed by atoms with Crippen LogP contribution in [0.2, 0.25) is 0 Å². The Morgan fingerprint density at radius 1 is 1.50 bits per heavy atom. The molecule has 1 aliphatic heterocycles. The predicted octanol–water partition coefficient (Wildman–Crippen LogP) is 1.21. The van der Waals surface area contributed by atoms with Crippen molar-refractivity contribution in [3.8, 4) is 6.07 Å². The highest BCUT2D eigenvalue weighted by Gasteiger charge is 2.28. The summed E-state index contributed by atoms with van der Waals surface area (Å²) in [5, 5.41) is 11.7. The van der Waals surface area contributed by atoms with Gasteiger partial charge in [0.2, 0.25) is 5.91 Å². The molecular weight excluding hydrogens is 252 g/mol. The SMILES string of the molecule is CCCC1CC(C(=O)NCc2cccc(C#N)c2)NN1. The van der Waals surface area contributed by atoms with Crippen molar-refractivity contribution in [2.75, 3.05) is 0 Å². The molecule has 5 heteroatoms. The Hall–Kier alpha value is -1.90. The van der Waals surface area contributed by atoms with Crippen LogP contribution in [0.25, 0.3) is 0 Å². The van der Waals surface area contributed by atoms with Gasteiger partial charge in [-0.2, -0.15) is 5.26 Å². The van der Waals surface area contributed by atoms with Crippen LogP contribution in [-0.2, 0) is 11.3 Å². The fourth-order valence-electron chi connectivity index (χ4n) is 2.40. The molecule has 0 radical (unpaired) electrons. The quantitative estimate of drug-likeness (QED) is 0.753. The van der Waals surface area contributed by atoms with Crippen LogP contribution in [0.3, 0.4) is 0 Å². The second kappa shape index (κ2) is 7.04. The van der Waals surface area contributed by atoms with Gasteiger partial charge in [-0.25, -0.2) is 5.43 Å². The van der Waals surface area contributed by atoms with Crippen molar-refractivity contribution in [2.45, 2.75) is 44.8 Å². The van der Waals surface area contributed by atoms with E-state index in [1.165, 1.54) is 0 Å². The van der Waals surface area contributed by atoms with Crippen molar-refractivity contribution in [3.63, 3.8) is 0 Å². The molecule has 2 unspecified atom stereocenters. The lowest BCUT2D eigenvalue weighted by atomic mass is 10.1. The molecule has 0 spiro atoms. The third-order valence-corrected chi connectivity index (χ3v) is 3.46. The van der Waals surface area contributed by atoms with Crippen molar-refractivity contribution in [2.24, 2.45) is 0 Å². The van der Waals surface area contributed by atoms with Crippen molar-refractivity contribution >= 4 is 5.91 Å². The smallest absolute Gasteiger partial charge is 0.238 e. The first kappa shape index (κ1) is 14.5. The highest BCUT2D eigenvalue weighted by Crippen LogP contribution is 2.10. The van der Waals surface area contributed by atoms with Gasteiger partial charge in [0.25, 0.3) is 0 Å². The maximum atomic E-state index is 12.0. The summed E-state index contributed by atoms with van der Waals surface area (Å²) in [5.41, 5.74) is 7.74. The van der Waals surface area contributed by atoms with Crippen molar-refractivity contribution in [1.82, 2.24) is 16.2 Å². The van der Waals surface area contributed by atoms with Gasteiger partial charge in [-0.15, -0.1) is 0 Å². The van der Waals surface area contributed by atoms with Crippen molar-refractivity contribution < 1.29 is 4.79 Å². The molecular formula is C15H20N4O. The minimum absolute atomic E-state index is 0.00142. The number of nitriles is 1. The zero-order valence-electron chi connectivity index (χ0n) is 11.6. The number of amides is 1. The van der Waals surface area contributed by atoms with Gasteiger partial charge in [-0.3, -0.25) is 10.2 Å². The van der Waals surface area contributed by atoms with Crippen LogP contribution >= 0.6 is 0 Å². The standard InChI is InChI=1S/C15H20N4O/c1-2-4-13-8-14(19-18-13)15(20)17-10-12-6-3-5-11(7-12)9-16/h3,5-7,13-14,18-19H,2,4,8,10H2,1H3,(H,17,20). The molecule has 5 nitrogen and oxygen atoms in total. The maximum Gasteiger partial charge on any atom is 0.238 e. The number of benzene rings is 1. The fourth-order valence-corrected chi connectivity index (χ4v) is 2.40. The molecule has 106 valence electrons. The Labute approximate surface area is 119 Å². The molecule has 0 saturated carbocycles. The summed E-state index contributed by atoms with van der Waals surface area (Å²) >= 11 is 0. The second-order valence-corrected chi connectivity index (χ2v) is 5.09. The molecule has 0 bridgehead atoms. The summed E-state index contributed by atoms with van der Waals surface area (Å²) in [7, 11) is 0. The molecule has 0 aliphatic carbocycles. The summed E-state index contributed by atoms with van der Waals surface area (Å²) < 4.78 is 0. The van der Waals surface area contributed by atoms with Crippen LogP contribution in [0.15, 0.2) is 24.3 Å². The van der Waals surface area contributed by atoms with Gasteiger partial charge in [-0.1, -0.05) is 25.5 Å². The molecule has 1 fully saturated rings. The van der Waals surface area contributed by atoms with Crippen molar-refractivity contribution in [1.29, 1.82) is 5.26 Å². The maximum absolute atomic E-state index is 12.0. The lowest BCUT2D eigenvalue weighted by Gasteiger charge is -2.10. The van der Waals surface area contributed by atoms with Crippen LogP contribution in [0.4, 0.5) is 0 Å². The normalized spacial score (nSPS) is 21.4. The zero-order chi connectivity index (χ0) is 14.4. The first-order valence-electron chi connectivity index (χ1n) is 7.00. The average molecular weight is 272 g/mol. The number of nitrogens with one attached hydrogen (secondary N) is 3. The van der Waals surface area contributed by atoms with E-state index in [9.17, 15) is 4.79 Å². The zero-order valence-corrected chi connectivity index (χ0v) is 11.6. The molecule has 1 heterocycles. The van der Waals surface area contributed by atoms with Crippen LogP contribution in [0, 0.1) is 11.3 Å². The summed E-state index contributed by atoms with van der Waals surface area (Å²) in [6.45, 7) is 2.59. The highest BCUT2D eigenvalue weighted by molar-refractivity contribution is 5.82. The molecule has 20 heavy (non-hydrogen) atoms. The molecule has 0 aromatic heterocycles. The first-order valence-corrected chi connectivity index (χ1v) is 7.00. The number of rotatable bonds is 5. The Morgan fingerprint density at radius 3 is 3.10 bits per heavy atom. The number of nitrogens with zero attached hydrogens (tertiary/aromatic N) is 1. The number of hydrogen-bond acceptors (Lipinski definition) is 4. The topological polar surface area (TPSA) is 77.0 Å². The highest BCUT2D eigenvalue weighted by atomic mass is 16.2. The predicted molar refractivity (Wildman–Crippen MR) is 76.4 cm³/mol. The van der Waals surface area contributed by atoms with E-state index >= 15 is 0 Å². The van der Waals surface area contributed by atoms with E-state index in [1.54, 1.807) is 12.1 Å². The first-order chi connectivity index (χ1) is 9.72. The van der Waals surface area contributed by atoms with Gasteiger partial charge in [0.1, 0.15) is 6.04 Å². The van der Waals surface area contributed by atoms with Gasteiger partial charge < -0.3 is 5.32 Å². The third kappa shape index (κ3) is 3.80. The van der Waals surface area contributed by atoms with Crippen LogP contribution in [0.1, 0.15) is 37.3 Å². The van der Waals surface area contributed by atoms with Gasteiger partial charge in [0.05, 0.1) is 11.6 Å². The summed E-state index contributed by atoms with van der Waals surface area (Å²) in [5.74, 6) is -0.00142. The van der Waals surface area contributed by atoms with Crippen molar-refractivity contribution in [3.05, 3.63) is 35.4 Å². The Kier molecular flexibility index (Phi) is 5.10.